The van der Waals surface area contributed by atoms with Gasteiger partial charge in [-0.1, -0.05) is 5.92 Å². The number of terminal acetylenes is 1. The molecule has 8 heteroatoms. The summed E-state index contributed by atoms with van der Waals surface area (Å²) in [6, 6.07) is 4.40. The number of piperidine rings is 1. The van der Waals surface area contributed by atoms with E-state index in [0.717, 1.165) is 79.2 Å². The van der Waals surface area contributed by atoms with Gasteiger partial charge in [0.1, 0.15) is 11.6 Å². The molecule has 0 unspecified atom stereocenters. The van der Waals surface area contributed by atoms with Crippen molar-refractivity contribution in [2.75, 3.05) is 51.8 Å². The summed E-state index contributed by atoms with van der Waals surface area (Å²) in [6.07, 6.45) is 13.9. The highest BCUT2D eigenvalue weighted by Crippen LogP contribution is 2.38. The lowest BCUT2D eigenvalue weighted by Crippen LogP contribution is -2.39. The normalized spacial score (nSPS) is 19.1. The third-order valence-corrected chi connectivity index (χ3v) is 8.35. The Morgan fingerprint density at radius 3 is 2.62 bits per heavy atom. The lowest BCUT2D eigenvalue weighted by molar-refractivity contribution is 0.0979. The molecule has 214 valence electrons. The Morgan fingerprint density at radius 1 is 1.15 bits per heavy atom. The topological polar surface area (TPSA) is 49.9 Å². The number of aryl methyl sites for hydroxylation is 1. The molecule has 6 nitrogen and oxygen atoms in total. The zero-order valence-corrected chi connectivity index (χ0v) is 23.7. The fourth-order valence-electron chi connectivity index (χ4n) is 6.20. The largest absolute Gasteiger partial charge is 0.496 e. The van der Waals surface area contributed by atoms with Crippen molar-refractivity contribution in [2.45, 2.75) is 64.5 Å². The number of rotatable bonds is 10. The molecular formula is C32H40F2N4O2. The maximum absolute atomic E-state index is 14.5. The number of fused-ring (bicyclic) bond motifs is 2. The van der Waals surface area contributed by atoms with Gasteiger partial charge >= 0.3 is 0 Å². The van der Waals surface area contributed by atoms with Crippen LogP contribution in [0.1, 0.15) is 55.8 Å². The number of ether oxygens (including phenoxy) is 2. The van der Waals surface area contributed by atoms with Gasteiger partial charge in [-0.05, 0) is 82.7 Å². The first-order valence-corrected chi connectivity index (χ1v) is 14.5. The Balaban J connectivity index is 1.33. The molecular weight excluding hydrogens is 510 g/mol. The smallest absolute Gasteiger partial charge is 0.178 e. The van der Waals surface area contributed by atoms with Gasteiger partial charge < -0.3 is 24.6 Å². The summed E-state index contributed by atoms with van der Waals surface area (Å²) >= 11 is 0. The van der Waals surface area contributed by atoms with Crippen LogP contribution >= 0.6 is 0 Å². The molecule has 1 aliphatic carbocycles. The zero-order valence-electron chi connectivity index (χ0n) is 23.7. The summed E-state index contributed by atoms with van der Waals surface area (Å²) < 4.78 is 40.0. The van der Waals surface area contributed by atoms with Gasteiger partial charge in [-0.3, -0.25) is 4.98 Å². The Hall–Kier alpha value is -3.15. The third kappa shape index (κ3) is 6.26. The molecule has 1 aromatic heterocycles. The molecule has 5 rings (SSSR count). The lowest BCUT2D eigenvalue weighted by Gasteiger charge is -2.35. The molecule has 0 amide bonds. The van der Waals surface area contributed by atoms with Crippen LogP contribution in [0.25, 0.3) is 10.9 Å². The summed E-state index contributed by atoms with van der Waals surface area (Å²) in [5.74, 6) is 1.42. The average Bonchev–Trinajstić information content (AvgIpc) is 3.66. The molecule has 2 saturated heterocycles. The van der Waals surface area contributed by atoms with E-state index in [1.54, 1.807) is 7.11 Å². The third-order valence-electron chi connectivity index (χ3n) is 8.35. The first-order chi connectivity index (χ1) is 19.5. The predicted octanol–water partition coefficient (Wildman–Crippen LogP) is 5.91. The van der Waals surface area contributed by atoms with Crippen LogP contribution in [0, 0.1) is 12.3 Å². The molecule has 3 aliphatic rings. The van der Waals surface area contributed by atoms with E-state index in [9.17, 15) is 8.78 Å². The van der Waals surface area contributed by atoms with Crippen LogP contribution in [-0.2, 0) is 24.2 Å². The Kier molecular flexibility index (Phi) is 9.23. The van der Waals surface area contributed by atoms with E-state index < -0.39 is 11.7 Å². The van der Waals surface area contributed by atoms with Gasteiger partial charge in [0.15, 0.2) is 5.83 Å². The van der Waals surface area contributed by atoms with Gasteiger partial charge in [0.05, 0.1) is 31.5 Å². The van der Waals surface area contributed by atoms with Gasteiger partial charge in [0.2, 0.25) is 0 Å². The Morgan fingerprint density at radius 2 is 1.93 bits per heavy atom. The highest BCUT2D eigenvalue weighted by Gasteiger charge is 2.27. The maximum Gasteiger partial charge on any atom is 0.178 e. The molecule has 2 aliphatic heterocycles. The number of anilines is 1. The van der Waals surface area contributed by atoms with Crippen molar-refractivity contribution in [3.63, 3.8) is 0 Å². The second kappa shape index (κ2) is 13.0. The molecule has 1 N–H and O–H groups in total. The second-order valence-corrected chi connectivity index (χ2v) is 11.0. The number of aromatic nitrogens is 1. The number of halogens is 2. The van der Waals surface area contributed by atoms with Gasteiger partial charge in [-0.25, -0.2) is 8.78 Å². The molecule has 0 atom stereocenters. The van der Waals surface area contributed by atoms with Crippen molar-refractivity contribution >= 4 is 16.6 Å². The SMILES string of the molecule is C#C/C=C(\C(F)=C(/C)F)N1CCC(Nc2c3c(nc4cc(COCCN5CCCC5)c(OC)cc24)CCC3)CC1. The van der Waals surface area contributed by atoms with E-state index in [4.69, 9.17) is 20.9 Å². The number of allylic oxidation sites excluding steroid dienone is 3. The maximum atomic E-state index is 14.5. The van der Waals surface area contributed by atoms with Crippen LogP contribution in [-0.4, -0.2) is 67.3 Å². The molecule has 3 heterocycles. The second-order valence-electron chi connectivity index (χ2n) is 11.0. The average molecular weight is 551 g/mol. The summed E-state index contributed by atoms with van der Waals surface area (Å²) in [4.78, 5) is 9.34. The fraction of sp³-hybridized carbons (Fsp3) is 0.531. The van der Waals surface area contributed by atoms with Crippen molar-refractivity contribution < 1.29 is 18.3 Å². The highest BCUT2D eigenvalue weighted by molar-refractivity contribution is 5.95. The molecule has 0 bridgehead atoms. The van der Waals surface area contributed by atoms with Crippen LogP contribution < -0.4 is 10.1 Å². The van der Waals surface area contributed by atoms with Gasteiger partial charge in [0, 0.05) is 54.1 Å². The van der Waals surface area contributed by atoms with Crippen molar-refractivity contribution in [1.82, 2.24) is 14.8 Å². The van der Waals surface area contributed by atoms with Gasteiger partial charge in [-0.15, -0.1) is 6.42 Å². The van der Waals surface area contributed by atoms with Crippen LogP contribution in [0.2, 0.25) is 0 Å². The minimum absolute atomic E-state index is 0.149. The van der Waals surface area contributed by atoms with Crippen LogP contribution in [0.3, 0.4) is 0 Å². The number of benzene rings is 1. The standard InChI is InChI=1S/C32H40F2N4O2/c1-4-8-29(31(34)22(2)33)38-15-11-24(12-16-38)35-32-25-9-7-10-27(25)36-28-19-23(30(39-3)20-26(28)32)21-40-18-17-37-13-5-6-14-37/h1,8,19-20,24H,5-7,9-18,21H2,2-3H3,(H,35,36)/b29-8+,31-22-. The number of methoxy groups -OCH3 is 1. The lowest BCUT2D eigenvalue weighted by atomic mass is 10.00. The Bertz CT molecular complexity index is 1310. The summed E-state index contributed by atoms with van der Waals surface area (Å²) in [7, 11) is 1.70. The van der Waals surface area contributed by atoms with Crippen LogP contribution in [0.4, 0.5) is 14.5 Å². The molecule has 0 saturated carbocycles. The number of hydrogen-bond donors (Lipinski definition) is 1. The number of likely N-dealkylation sites (tertiary alicyclic amines) is 2. The minimum Gasteiger partial charge on any atom is -0.496 e. The van der Waals surface area contributed by atoms with Crippen molar-refractivity contribution in [1.29, 1.82) is 0 Å². The van der Waals surface area contributed by atoms with Crippen molar-refractivity contribution in [3.05, 3.63) is 52.4 Å². The summed E-state index contributed by atoms with van der Waals surface area (Å²) in [5, 5.41) is 4.87. The van der Waals surface area contributed by atoms with E-state index >= 15 is 0 Å². The molecule has 0 spiro atoms. The van der Waals surface area contributed by atoms with Crippen molar-refractivity contribution in [2.24, 2.45) is 0 Å². The van der Waals surface area contributed by atoms with E-state index in [2.05, 4.69) is 28.3 Å². The summed E-state index contributed by atoms with van der Waals surface area (Å²) in [6.45, 7) is 6.77. The number of nitrogens with one attached hydrogen (secondary N) is 1. The fourth-order valence-corrected chi connectivity index (χ4v) is 6.20. The van der Waals surface area contributed by atoms with E-state index in [1.165, 1.54) is 37.6 Å². The van der Waals surface area contributed by atoms with Gasteiger partial charge in [0.25, 0.3) is 0 Å². The molecule has 40 heavy (non-hydrogen) atoms. The van der Waals surface area contributed by atoms with E-state index in [0.29, 0.717) is 26.3 Å². The first-order valence-electron chi connectivity index (χ1n) is 14.5. The van der Waals surface area contributed by atoms with Crippen LogP contribution in [0.15, 0.2) is 35.6 Å². The molecule has 2 aromatic rings. The quantitative estimate of drug-likeness (QED) is 0.226. The molecule has 1 aromatic carbocycles. The monoisotopic (exact) mass is 550 g/mol. The minimum atomic E-state index is -0.884. The number of nitrogens with zero attached hydrogens (tertiary/aromatic N) is 3. The van der Waals surface area contributed by atoms with Crippen LogP contribution in [0.5, 0.6) is 5.75 Å². The molecule has 0 radical (unpaired) electrons. The zero-order chi connectivity index (χ0) is 28.1. The van der Waals surface area contributed by atoms with E-state index in [-0.39, 0.29) is 11.7 Å². The number of pyridine rings is 1. The predicted molar refractivity (Wildman–Crippen MR) is 156 cm³/mol. The summed E-state index contributed by atoms with van der Waals surface area (Å²) in [5.41, 5.74) is 5.67. The Labute approximate surface area is 236 Å². The van der Waals surface area contributed by atoms with Crippen molar-refractivity contribution in [3.8, 4) is 18.1 Å². The number of hydrogen-bond acceptors (Lipinski definition) is 6. The first kappa shape index (κ1) is 28.4. The molecule has 2 fully saturated rings. The van der Waals surface area contributed by atoms with Gasteiger partial charge in [-0.2, -0.15) is 0 Å². The highest BCUT2D eigenvalue weighted by atomic mass is 19.2. The van der Waals surface area contributed by atoms with E-state index in [1.807, 2.05) is 4.90 Å².